The van der Waals surface area contributed by atoms with Crippen molar-refractivity contribution in [2.45, 2.75) is 26.0 Å². The monoisotopic (exact) mass is 293 g/mol. The minimum absolute atomic E-state index is 0.0294. The van der Waals surface area contributed by atoms with E-state index in [2.05, 4.69) is 10.3 Å². The average Bonchev–Trinajstić information content (AvgIpc) is 2.48. The van der Waals surface area contributed by atoms with Gasteiger partial charge in [-0.3, -0.25) is 0 Å². The third-order valence-electron chi connectivity index (χ3n) is 3.69. The van der Waals surface area contributed by atoms with Gasteiger partial charge in [0.2, 0.25) is 0 Å². The summed E-state index contributed by atoms with van der Waals surface area (Å²) in [6.45, 7) is 3.20. The van der Waals surface area contributed by atoms with E-state index in [0.717, 1.165) is 12.0 Å². The number of nitrogens with zero attached hydrogens (tertiary/aromatic N) is 2. The van der Waals surface area contributed by atoms with Gasteiger partial charge >= 0.3 is 12.0 Å². The molecule has 7 nitrogen and oxygen atoms in total. The molecule has 0 saturated carbocycles. The highest BCUT2D eigenvalue weighted by Crippen LogP contribution is 2.16. The molecular weight excluding hydrogens is 274 g/mol. The number of carboxylic acids is 1. The van der Waals surface area contributed by atoms with E-state index in [1.54, 1.807) is 11.0 Å². The van der Waals surface area contributed by atoms with Crippen LogP contribution in [0, 0.1) is 5.92 Å². The molecule has 2 atom stereocenters. The molecule has 0 spiro atoms. The van der Waals surface area contributed by atoms with Gasteiger partial charge in [0.15, 0.2) is 0 Å². The summed E-state index contributed by atoms with van der Waals surface area (Å²) in [5, 5.41) is 21.3. The first-order chi connectivity index (χ1) is 9.97. The highest BCUT2D eigenvalue weighted by molar-refractivity contribution is 5.85. The van der Waals surface area contributed by atoms with Crippen molar-refractivity contribution in [2.75, 3.05) is 13.1 Å². The fraction of sp³-hybridized carbons (Fsp3) is 0.500. The molecule has 1 saturated heterocycles. The molecule has 2 amide bonds. The van der Waals surface area contributed by atoms with Crippen LogP contribution < -0.4 is 5.32 Å². The van der Waals surface area contributed by atoms with Crippen LogP contribution in [0.5, 0.6) is 0 Å². The number of amides is 2. The van der Waals surface area contributed by atoms with E-state index in [-0.39, 0.29) is 24.2 Å². The number of aromatic nitrogens is 1. The molecule has 1 fully saturated rings. The van der Waals surface area contributed by atoms with Crippen molar-refractivity contribution in [3.8, 4) is 0 Å². The Balaban J connectivity index is 1.85. The number of aliphatic hydroxyl groups excluding tert-OH is 1. The van der Waals surface area contributed by atoms with Crippen molar-refractivity contribution >= 4 is 12.0 Å². The van der Waals surface area contributed by atoms with Crippen LogP contribution in [0.2, 0.25) is 0 Å². The summed E-state index contributed by atoms with van der Waals surface area (Å²) in [6.07, 6.45) is 1.72. The van der Waals surface area contributed by atoms with E-state index in [0.29, 0.717) is 13.1 Å². The maximum atomic E-state index is 12.0. The summed E-state index contributed by atoms with van der Waals surface area (Å²) in [4.78, 5) is 28.0. The third kappa shape index (κ3) is 3.91. The molecular formula is C14H19N3O4. The van der Waals surface area contributed by atoms with Crippen molar-refractivity contribution in [3.63, 3.8) is 0 Å². The first kappa shape index (κ1) is 15.2. The van der Waals surface area contributed by atoms with Crippen LogP contribution in [-0.2, 0) is 6.54 Å². The largest absolute Gasteiger partial charge is 0.477 e. The van der Waals surface area contributed by atoms with Crippen molar-refractivity contribution in [1.29, 1.82) is 0 Å². The Hall–Kier alpha value is -2.15. The quantitative estimate of drug-likeness (QED) is 0.761. The number of hydrogen-bond acceptors (Lipinski definition) is 4. The molecule has 3 N–H and O–H groups in total. The fourth-order valence-electron chi connectivity index (χ4n) is 2.18. The number of likely N-dealkylation sites (tertiary alicyclic amines) is 1. The van der Waals surface area contributed by atoms with Crippen molar-refractivity contribution < 1.29 is 19.8 Å². The SMILES string of the molecule is CC1CCN(C(=O)NCc2ccc(C(=O)O)nc2)CC1O. The van der Waals surface area contributed by atoms with Gasteiger partial charge in [0.05, 0.1) is 6.10 Å². The van der Waals surface area contributed by atoms with Crippen LogP contribution in [0.1, 0.15) is 29.4 Å². The van der Waals surface area contributed by atoms with Gasteiger partial charge in [-0.1, -0.05) is 13.0 Å². The molecule has 0 bridgehead atoms. The van der Waals surface area contributed by atoms with Crippen LogP contribution in [0.4, 0.5) is 4.79 Å². The number of piperidine rings is 1. The number of carbonyl (C=O) groups is 2. The number of urea groups is 1. The summed E-state index contributed by atoms with van der Waals surface area (Å²) in [5.41, 5.74) is 0.692. The highest BCUT2D eigenvalue weighted by atomic mass is 16.4. The number of hydrogen-bond donors (Lipinski definition) is 3. The smallest absolute Gasteiger partial charge is 0.354 e. The average molecular weight is 293 g/mol. The van der Waals surface area contributed by atoms with Gasteiger partial charge in [0, 0.05) is 25.8 Å². The predicted octanol–water partition coefficient (Wildman–Crippen LogP) is 0.692. The van der Waals surface area contributed by atoms with Gasteiger partial charge < -0.3 is 20.4 Å². The molecule has 0 aliphatic carbocycles. The molecule has 1 aromatic rings. The third-order valence-corrected chi connectivity index (χ3v) is 3.69. The minimum Gasteiger partial charge on any atom is -0.477 e. The molecule has 1 aromatic heterocycles. The Morgan fingerprint density at radius 2 is 2.24 bits per heavy atom. The summed E-state index contributed by atoms with van der Waals surface area (Å²) in [7, 11) is 0. The summed E-state index contributed by atoms with van der Waals surface area (Å²) >= 11 is 0. The first-order valence-corrected chi connectivity index (χ1v) is 6.86. The Morgan fingerprint density at radius 1 is 1.48 bits per heavy atom. The lowest BCUT2D eigenvalue weighted by molar-refractivity contribution is 0.0435. The van der Waals surface area contributed by atoms with Crippen LogP contribution in [-0.4, -0.2) is 51.3 Å². The molecule has 7 heteroatoms. The second-order valence-corrected chi connectivity index (χ2v) is 5.29. The standard InChI is InChI=1S/C14H19N3O4/c1-9-4-5-17(8-12(9)18)14(21)16-7-10-2-3-11(13(19)20)15-6-10/h2-3,6,9,12,18H,4-5,7-8H2,1H3,(H,16,21)(H,19,20). The van der Waals surface area contributed by atoms with Crippen molar-refractivity contribution in [3.05, 3.63) is 29.6 Å². The summed E-state index contributed by atoms with van der Waals surface area (Å²) in [6, 6.07) is 2.78. The number of pyridine rings is 1. The van der Waals surface area contributed by atoms with Crippen LogP contribution in [0.15, 0.2) is 18.3 Å². The number of β-amino-alcohol motifs (C(OH)–C–C–N with tert-alkyl or cyclic N) is 1. The van der Waals surface area contributed by atoms with Crippen LogP contribution in [0.3, 0.4) is 0 Å². The first-order valence-electron chi connectivity index (χ1n) is 6.86. The molecule has 2 unspecified atom stereocenters. The number of carbonyl (C=O) groups excluding carboxylic acids is 1. The topological polar surface area (TPSA) is 103 Å². The fourth-order valence-corrected chi connectivity index (χ4v) is 2.18. The zero-order chi connectivity index (χ0) is 15.4. The lowest BCUT2D eigenvalue weighted by Crippen LogP contribution is -2.49. The van der Waals surface area contributed by atoms with Gasteiger partial charge in [-0.15, -0.1) is 0 Å². The minimum atomic E-state index is -1.08. The Morgan fingerprint density at radius 3 is 2.81 bits per heavy atom. The Bertz CT molecular complexity index is 517. The van der Waals surface area contributed by atoms with Gasteiger partial charge in [-0.2, -0.15) is 0 Å². The van der Waals surface area contributed by atoms with Gasteiger partial charge in [-0.05, 0) is 24.0 Å². The molecule has 2 heterocycles. The van der Waals surface area contributed by atoms with Gasteiger partial charge in [0.1, 0.15) is 5.69 Å². The lowest BCUT2D eigenvalue weighted by Gasteiger charge is -2.34. The zero-order valence-electron chi connectivity index (χ0n) is 11.8. The van der Waals surface area contributed by atoms with Gasteiger partial charge in [0.25, 0.3) is 0 Å². The predicted molar refractivity (Wildman–Crippen MR) is 74.8 cm³/mol. The molecule has 0 radical (unpaired) electrons. The number of rotatable bonds is 3. The molecule has 2 rings (SSSR count). The molecule has 1 aliphatic heterocycles. The molecule has 114 valence electrons. The highest BCUT2D eigenvalue weighted by Gasteiger charge is 2.26. The van der Waals surface area contributed by atoms with Crippen molar-refractivity contribution in [1.82, 2.24) is 15.2 Å². The second-order valence-electron chi connectivity index (χ2n) is 5.29. The van der Waals surface area contributed by atoms with E-state index in [4.69, 9.17) is 5.11 Å². The lowest BCUT2D eigenvalue weighted by atomic mass is 9.96. The maximum Gasteiger partial charge on any atom is 0.354 e. The van der Waals surface area contributed by atoms with E-state index < -0.39 is 12.1 Å². The Kier molecular flexibility index (Phi) is 4.74. The van der Waals surface area contributed by atoms with Crippen LogP contribution >= 0.6 is 0 Å². The normalized spacial score (nSPS) is 21.9. The van der Waals surface area contributed by atoms with Crippen molar-refractivity contribution in [2.24, 2.45) is 5.92 Å². The summed E-state index contributed by atoms with van der Waals surface area (Å²) in [5.74, 6) is -0.871. The number of nitrogens with one attached hydrogen (secondary N) is 1. The molecule has 21 heavy (non-hydrogen) atoms. The number of aromatic carboxylic acids is 1. The van der Waals surface area contributed by atoms with E-state index in [9.17, 15) is 14.7 Å². The maximum absolute atomic E-state index is 12.0. The summed E-state index contributed by atoms with van der Waals surface area (Å²) < 4.78 is 0. The molecule has 0 aromatic carbocycles. The van der Waals surface area contributed by atoms with Crippen LogP contribution in [0.25, 0.3) is 0 Å². The Labute approximate surface area is 122 Å². The number of carboxylic acid groups (broad SMARTS) is 1. The molecule has 1 aliphatic rings. The van der Waals surface area contributed by atoms with Gasteiger partial charge in [-0.25, -0.2) is 14.6 Å². The van der Waals surface area contributed by atoms with E-state index >= 15 is 0 Å². The number of aliphatic hydroxyl groups is 1. The zero-order valence-corrected chi connectivity index (χ0v) is 11.8. The van der Waals surface area contributed by atoms with E-state index in [1.807, 2.05) is 6.92 Å². The second kappa shape index (κ2) is 6.53. The van der Waals surface area contributed by atoms with E-state index in [1.165, 1.54) is 12.3 Å².